The van der Waals surface area contributed by atoms with Crippen molar-refractivity contribution in [1.29, 1.82) is 0 Å². The predicted molar refractivity (Wildman–Crippen MR) is 44.5 cm³/mol. The van der Waals surface area contributed by atoms with Crippen LogP contribution in [-0.2, 0) is 4.79 Å². The van der Waals surface area contributed by atoms with E-state index < -0.39 is 18.2 Å². The number of nitrogens with one attached hydrogen (secondary N) is 1. The second-order valence-electron chi connectivity index (χ2n) is 3.34. The van der Waals surface area contributed by atoms with E-state index in [1.165, 1.54) is 0 Å². The average Bonchev–Trinajstić information content (AvgIpc) is 2.02. The summed E-state index contributed by atoms with van der Waals surface area (Å²) >= 11 is 0. The molecule has 1 aliphatic heterocycles. The molecule has 0 aromatic heterocycles. The van der Waals surface area contributed by atoms with Gasteiger partial charge in [0, 0.05) is 13.0 Å². The Morgan fingerprint density at radius 2 is 1.86 bits per heavy atom. The number of piperidine rings is 1. The summed E-state index contributed by atoms with van der Waals surface area (Å²) in [5.74, 6) is -0.926. The lowest BCUT2D eigenvalue weighted by Crippen LogP contribution is -2.52. The Morgan fingerprint density at radius 1 is 1.36 bits per heavy atom. The fourth-order valence-corrected chi connectivity index (χ4v) is 1.71. The van der Waals surface area contributed by atoms with E-state index in [1.54, 1.807) is 0 Å². The lowest BCUT2D eigenvalue weighted by Gasteiger charge is -2.34. The van der Waals surface area contributed by atoms with E-state index in [0.29, 0.717) is 25.9 Å². The molecule has 1 fully saturated rings. The third-order valence-electron chi connectivity index (χ3n) is 2.29. The van der Waals surface area contributed by atoms with Gasteiger partial charge >= 0.3 is 6.30 Å². The van der Waals surface area contributed by atoms with Crippen LogP contribution in [0.3, 0.4) is 0 Å². The summed E-state index contributed by atoms with van der Waals surface area (Å²) in [7, 11) is 0. The van der Waals surface area contributed by atoms with E-state index in [0.717, 1.165) is 6.92 Å². The Morgan fingerprint density at radius 3 is 2.21 bits per heavy atom. The number of alkyl halides is 3. The Bertz CT molecular complexity index is 211. The van der Waals surface area contributed by atoms with Gasteiger partial charge in [-0.05, 0) is 25.9 Å². The molecule has 0 unspecified atom stereocenters. The first-order valence-electron chi connectivity index (χ1n) is 4.50. The van der Waals surface area contributed by atoms with E-state index in [2.05, 4.69) is 5.32 Å². The second-order valence-corrected chi connectivity index (χ2v) is 3.34. The summed E-state index contributed by atoms with van der Waals surface area (Å²) in [6.07, 6.45) is -3.83. The minimum Gasteiger partial charge on any atom is -0.317 e. The zero-order chi connectivity index (χ0) is 10.8. The highest BCUT2D eigenvalue weighted by Gasteiger charge is 2.43. The monoisotopic (exact) mass is 210 g/mol. The van der Waals surface area contributed by atoms with Crippen molar-refractivity contribution in [2.75, 3.05) is 13.1 Å². The zero-order valence-electron chi connectivity index (χ0n) is 7.90. The summed E-state index contributed by atoms with van der Waals surface area (Å²) in [5.41, 5.74) is 0. The molecule has 1 rings (SSSR count). The van der Waals surface area contributed by atoms with Crippen molar-refractivity contribution in [2.24, 2.45) is 0 Å². The van der Waals surface area contributed by atoms with Gasteiger partial charge in [0.15, 0.2) is 0 Å². The van der Waals surface area contributed by atoms with Gasteiger partial charge in [-0.2, -0.15) is 0 Å². The van der Waals surface area contributed by atoms with E-state index >= 15 is 0 Å². The van der Waals surface area contributed by atoms with E-state index in [1.807, 2.05) is 0 Å². The largest absolute Gasteiger partial charge is 0.487 e. The molecule has 14 heavy (non-hydrogen) atoms. The van der Waals surface area contributed by atoms with E-state index in [9.17, 15) is 18.0 Å². The van der Waals surface area contributed by atoms with Gasteiger partial charge in [-0.3, -0.25) is 9.69 Å². The van der Waals surface area contributed by atoms with Crippen molar-refractivity contribution >= 4 is 5.91 Å². The predicted octanol–water partition coefficient (Wildman–Crippen LogP) is 1.11. The first-order valence-corrected chi connectivity index (χ1v) is 4.50. The first-order chi connectivity index (χ1) is 6.43. The Kier molecular flexibility index (Phi) is 3.36. The molecule has 0 radical (unpaired) electrons. The summed E-state index contributed by atoms with van der Waals surface area (Å²) < 4.78 is 37.3. The third kappa shape index (κ3) is 2.60. The Labute approximate surface area is 80.3 Å². The van der Waals surface area contributed by atoms with Crippen LogP contribution in [0, 0.1) is 0 Å². The second kappa shape index (κ2) is 4.16. The minimum atomic E-state index is -4.55. The molecule has 0 aromatic carbocycles. The number of hydrogen-bond acceptors (Lipinski definition) is 2. The maximum atomic E-state index is 12.4. The average molecular weight is 210 g/mol. The smallest absolute Gasteiger partial charge is 0.317 e. The number of amides is 1. The Balaban J connectivity index is 2.71. The third-order valence-corrected chi connectivity index (χ3v) is 2.29. The van der Waals surface area contributed by atoms with Crippen molar-refractivity contribution in [3.8, 4) is 0 Å². The van der Waals surface area contributed by atoms with Crippen LogP contribution in [0.15, 0.2) is 0 Å². The van der Waals surface area contributed by atoms with Gasteiger partial charge in [0.2, 0.25) is 5.91 Å². The molecule has 0 saturated carbocycles. The molecule has 0 aliphatic carbocycles. The fourth-order valence-electron chi connectivity index (χ4n) is 1.71. The van der Waals surface area contributed by atoms with Crippen LogP contribution in [0.1, 0.15) is 19.8 Å². The zero-order valence-corrected chi connectivity index (χ0v) is 7.90. The molecule has 1 aliphatic rings. The normalized spacial score (nSPS) is 19.4. The number of nitrogens with zero attached hydrogens (tertiary/aromatic N) is 1. The molecule has 0 spiro atoms. The minimum absolute atomic E-state index is 0.0356. The molecular formula is C8H13F3N2O. The quantitative estimate of drug-likeness (QED) is 0.657. The Hall–Kier alpha value is -0.780. The number of carbonyl (C=O) groups is 1. The van der Waals surface area contributed by atoms with Crippen LogP contribution >= 0.6 is 0 Å². The molecular weight excluding hydrogens is 197 g/mol. The van der Waals surface area contributed by atoms with Crippen LogP contribution < -0.4 is 5.32 Å². The standard InChI is InChI=1S/C8H13F3N2O/c1-6(14)13(8(9,10)11)7-2-4-12-5-3-7/h7,12H,2-5H2,1H3. The number of rotatable bonds is 1. The topological polar surface area (TPSA) is 32.3 Å². The van der Waals surface area contributed by atoms with Crippen LogP contribution in [-0.4, -0.2) is 36.2 Å². The van der Waals surface area contributed by atoms with Crippen molar-refractivity contribution in [1.82, 2.24) is 10.2 Å². The van der Waals surface area contributed by atoms with Crippen LogP contribution in [0.4, 0.5) is 13.2 Å². The van der Waals surface area contributed by atoms with Crippen molar-refractivity contribution < 1.29 is 18.0 Å². The molecule has 0 aromatic rings. The lowest BCUT2D eigenvalue weighted by molar-refractivity contribution is -0.252. The SMILES string of the molecule is CC(=O)N(C1CCNCC1)C(F)(F)F. The lowest BCUT2D eigenvalue weighted by atomic mass is 10.1. The summed E-state index contributed by atoms with van der Waals surface area (Å²) in [6.45, 7) is 2.02. The van der Waals surface area contributed by atoms with Gasteiger partial charge in [-0.15, -0.1) is 13.2 Å². The highest BCUT2D eigenvalue weighted by molar-refractivity contribution is 5.74. The van der Waals surface area contributed by atoms with Gasteiger partial charge < -0.3 is 5.32 Å². The molecule has 0 bridgehead atoms. The molecule has 82 valence electrons. The highest BCUT2D eigenvalue weighted by atomic mass is 19.4. The van der Waals surface area contributed by atoms with Crippen LogP contribution in [0.25, 0.3) is 0 Å². The van der Waals surface area contributed by atoms with Gasteiger partial charge in [0.05, 0.1) is 0 Å². The molecule has 0 atom stereocenters. The molecule has 1 saturated heterocycles. The summed E-state index contributed by atoms with van der Waals surface area (Å²) in [6, 6.07) is -0.700. The maximum absolute atomic E-state index is 12.4. The highest BCUT2D eigenvalue weighted by Crippen LogP contribution is 2.27. The first kappa shape index (κ1) is 11.3. The fraction of sp³-hybridized carbons (Fsp3) is 0.875. The summed E-state index contributed by atoms with van der Waals surface area (Å²) in [4.78, 5) is 10.9. The van der Waals surface area contributed by atoms with Crippen molar-refractivity contribution in [3.63, 3.8) is 0 Å². The molecule has 1 N–H and O–H groups in total. The molecule has 1 heterocycles. The van der Waals surface area contributed by atoms with Gasteiger partial charge in [0.1, 0.15) is 0 Å². The maximum Gasteiger partial charge on any atom is 0.487 e. The van der Waals surface area contributed by atoms with Crippen molar-refractivity contribution in [3.05, 3.63) is 0 Å². The van der Waals surface area contributed by atoms with Crippen molar-refractivity contribution in [2.45, 2.75) is 32.1 Å². The summed E-state index contributed by atoms with van der Waals surface area (Å²) in [5, 5.41) is 2.95. The van der Waals surface area contributed by atoms with Crippen LogP contribution in [0.2, 0.25) is 0 Å². The molecule has 6 heteroatoms. The number of hydrogen-bond donors (Lipinski definition) is 1. The van der Waals surface area contributed by atoms with Gasteiger partial charge in [-0.1, -0.05) is 0 Å². The van der Waals surface area contributed by atoms with E-state index in [4.69, 9.17) is 0 Å². The van der Waals surface area contributed by atoms with E-state index in [-0.39, 0.29) is 4.90 Å². The number of halogens is 3. The molecule has 3 nitrogen and oxygen atoms in total. The van der Waals surface area contributed by atoms with Gasteiger partial charge in [0.25, 0.3) is 0 Å². The van der Waals surface area contributed by atoms with Crippen LogP contribution in [0.5, 0.6) is 0 Å². The number of carbonyl (C=O) groups excluding carboxylic acids is 1. The molecule has 1 amide bonds. The van der Waals surface area contributed by atoms with Gasteiger partial charge in [-0.25, -0.2) is 0 Å².